The Morgan fingerprint density at radius 1 is 1.05 bits per heavy atom. The van der Waals surface area contributed by atoms with E-state index < -0.39 is 11.3 Å². The first-order valence-electron chi connectivity index (χ1n) is 6.66. The van der Waals surface area contributed by atoms with Gasteiger partial charge in [-0.3, -0.25) is 9.98 Å². The first kappa shape index (κ1) is 16.2. The minimum atomic E-state index is -2.19. The highest BCUT2D eigenvalue weighted by molar-refractivity contribution is 7.77. The maximum atomic E-state index is 10.8. The molecular formula is C15H18N4O2S. The summed E-state index contributed by atoms with van der Waals surface area (Å²) in [4.78, 5) is 6.66. The van der Waals surface area contributed by atoms with Gasteiger partial charge in [-0.1, -0.05) is 36.4 Å². The van der Waals surface area contributed by atoms with Gasteiger partial charge in [0.25, 0.3) is 11.3 Å². The van der Waals surface area contributed by atoms with E-state index in [0.29, 0.717) is 5.96 Å². The molecule has 7 heteroatoms. The molecule has 6 nitrogen and oxygen atoms in total. The number of anilines is 1. The molecule has 2 aromatic carbocycles. The zero-order valence-electron chi connectivity index (χ0n) is 12.3. The molecule has 4 N–H and O–H groups in total. The standard InChI is InChI=1S/C15H18N4O2S/c1-11-7-3-5-9-13(11)16-15(18-19-22(20)21)17-14-10-6-4-8-12(14)2/h3-10,19H,1-2H3,(H,20,21)(H2,16,17,18). The molecule has 0 bridgehead atoms. The molecule has 0 amide bonds. The molecule has 0 aromatic heterocycles. The van der Waals surface area contributed by atoms with E-state index in [1.807, 2.05) is 62.4 Å². The summed E-state index contributed by atoms with van der Waals surface area (Å²) in [6, 6.07) is 15.3. The number of aliphatic imine (C=N–C) groups is 1. The van der Waals surface area contributed by atoms with Gasteiger partial charge in [-0.15, -0.1) is 4.83 Å². The number of para-hydroxylation sites is 2. The van der Waals surface area contributed by atoms with Gasteiger partial charge in [0.2, 0.25) is 5.96 Å². The number of nitrogens with zero attached hydrogens (tertiary/aromatic N) is 1. The van der Waals surface area contributed by atoms with Crippen LogP contribution in [-0.4, -0.2) is 14.7 Å². The van der Waals surface area contributed by atoms with Crippen molar-refractivity contribution < 1.29 is 8.76 Å². The molecule has 1 atom stereocenters. The van der Waals surface area contributed by atoms with Crippen LogP contribution in [0.4, 0.5) is 11.4 Å². The molecule has 22 heavy (non-hydrogen) atoms. The van der Waals surface area contributed by atoms with E-state index in [4.69, 9.17) is 4.55 Å². The van der Waals surface area contributed by atoms with Crippen molar-refractivity contribution in [3.05, 3.63) is 59.7 Å². The summed E-state index contributed by atoms with van der Waals surface area (Å²) in [7, 11) is 0. The van der Waals surface area contributed by atoms with Gasteiger partial charge in [0.05, 0.1) is 5.69 Å². The first-order chi connectivity index (χ1) is 10.6. The summed E-state index contributed by atoms with van der Waals surface area (Å²) in [5.74, 6) is 0.325. The van der Waals surface area contributed by atoms with E-state index in [-0.39, 0.29) is 0 Å². The Morgan fingerprint density at radius 3 is 2.32 bits per heavy atom. The van der Waals surface area contributed by atoms with E-state index in [9.17, 15) is 4.21 Å². The number of benzene rings is 2. The highest BCUT2D eigenvalue weighted by atomic mass is 32.2. The first-order valence-corrected chi connectivity index (χ1v) is 7.76. The van der Waals surface area contributed by atoms with Gasteiger partial charge < -0.3 is 5.32 Å². The Morgan fingerprint density at radius 2 is 1.68 bits per heavy atom. The fourth-order valence-electron chi connectivity index (χ4n) is 1.83. The second-order valence-electron chi connectivity index (χ2n) is 4.66. The van der Waals surface area contributed by atoms with Crippen molar-refractivity contribution >= 4 is 28.6 Å². The van der Waals surface area contributed by atoms with Crippen LogP contribution >= 0.6 is 0 Å². The average Bonchev–Trinajstić information content (AvgIpc) is 2.49. The normalized spacial score (nSPS) is 12.8. The summed E-state index contributed by atoms with van der Waals surface area (Å²) in [6.07, 6.45) is 0. The van der Waals surface area contributed by atoms with Crippen molar-refractivity contribution in [3.63, 3.8) is 0 Å². The summed E-state index contributed by atoms with van der Waals surface area (Å²) < 4.78 is 19.7. The number of rotatable bonds is 4. The fraction of sp³-hybridized carbons (Fsp3) is 0.133. The molecule has 2 rings (SSSR count). The summed E-state index contributed by atoms with van der Waals surface area (Å²) >= 11 is -2.19. The summed E-state index contributed by atoms with van der Waals surface area (Å²) in [5, 5.41) is 3.11. The maximum absolute atomic E-state index is 10.8. The molecule has 0 heterocycles. The second-order valence-corrected chi connectivity index (χ2v) is 5.37. The number of nitrogens with one attached hydrogen (secondary N) is 3. The Hall–Kier alpha value is -2.22. The average molecular weight is 318 g/mol. The minimum absolute atomic E-state index is 0.325. The van der Waals surface area contributed by atoms with Crippen molar-refractivity contribution in [2.75, 3.05) is 5.32 Å². The number of guanidine groups is 1. The Kier molecular flexibility index (Phi) is 5.65. The topological polar surface area (TPSA) is 85.8 Å². The fourth-order valence-corrected chi connectivity index (χ4v) is 2.01. The molecule has 0 aliphatic carbocycles. The van der Waals surface area contributed by atoms with E-state index in [2.05, 4.69) is 20.6 Å². The molecule has 1 unspecified atom stereocenters. The number of hydrogen-bond acceptors (Lipinski definition) is 2. The predicted octanol–water partition coefficient (Wildman–Crippen LogP) is 2.63. The van der Waals surface area contributed by atoms with Crippen molar-refractivity contribution in [2.24, 2.45) is 4.99 Å². The van der Waals surface area contributed by atoms with Crippen molar-refractivity contribution in [3.8, 4) is 0 Å². The lowest BCUT2D eigenvalue weighted by Crippen LogP contribution is -2.42. The Bertz CT molecular complexity index is 703. The maximum Gasteiger partial charge on any atom is 0.250 e. The van der Waals surface area contributed by atoms with Crippen LogP contribution in [-0.2, 0) is 11.3 Å². The lowest BCUT2D eigenvalue weighted by molar-refractivity contribution is 0.544. The van der Waals surface area contributed by atoms with E-state index in [1.54, 1.807) is 0 Å². The Labute approximate surface area is 132 Å². The zero-order chi connectivity index (χ0) is 15.9. The molecule has 0 fully saturated rings. The van der Waals surface area contributed by atoms with Gasteiger partial charge in [0.15, 0.2) is 0 Å². The second kappa shape index (κ2) is 7.69. The molecule has 0 radical (unpaired) electrons. The Balaban J connectivity index is 2.28. The molecule has 2 aromatic rings. The van der Waals surface area contributed by atoms with Gasteiger partial charge in [-0.25, -0.2) is 9.20 Å². The van der Waals surface area contributed by atoms with Crippen LogP contribution in [0.15, 0.2) is 53.5 Å². The molecule has 0 spiro atoms. The lowest BCUT2D eigenvalue weighted by Gasteiger charge is -2.14. The molecule has 116 valence electrons. The molecule has 0 saturated carbocycles. The van der Waals surface area contributed by atoms with Crippen molar-refractivity contribution in [2.45, 2.75) is 13.8 Å². The van der Waals surface area contributed by atoms with E-state index >= 15 is 0 Å². The van der Waals surface area contributed by atoms with Crippen molar-refractivity contribution in [1.29, 1.82) is 0 Å². The molecular weight excluding hydrogens is 300 g/mol. The number of aryl methyl sites for hydroxylation is 2. The lowest BCUT2D eigenvalue weighted by atomic mass is 10.2. The third-order valence-corrected chi connectivity index (χ3v) is 3.28. The highest BCUT2D eigenvalue weighted by Gasteiger charge is 2.05. The van der Waals surface area contributed by atoms with Crippen molar-refractivity contribution in [1.82, 2.24) is 10.3 Å². The monoisotopic (exact) mass is 318 g/mol. The number of hydrogen-bond donors (Lipinski definition) is 4. The molecule has 0 aliphatic heterocycles. The SMILES string of the molecule is Cc1ccccc1N=C(NNS(=O)O)Nc1ccccc1C. The van der Waals surface area contributed by atoms with E-state index in [1.165, 1.54) is 0 Å². The van der Waals surface area contributed by atoms with Gasteiger partial charge in [0.1, 0.15) is 0 Å². The number of hydrazine groups is 1. The van der Waals surface area contributed by atoms with Crippen LogP contribution in [0.3, 0.4) is 0 Å². The van der Waals surface area contributed by atoms with Crippen LogP contribution in [0.1, 0.15) is 11.1 Å². The third-order valence-electron chi connectivity index (χ3n) is 3.00. The highest BCUT2D eigenvalue weighted by Crippen LogP contribution is 2.18. The van der Waals surface area contributed by atoms with Gasteiger partial charge >= 0.3 is 0 Å². The van der Waals surface area contributed by atoms with Gasteiger partial charge in [-0.2, -0.15) is 0 Å². The zero-order valence-corrected chi connectivity index (χ0v) is 13.1. The van der Waals surface area contributed by atoms with Crippen LogP contribution in [0.5, 0.6) is 0 Å². The van der Waals surface area contributed by atoms with Crippen LogP contribution < -0.4 is 15.6 Å². The minimum Gasteiger partial charge on any atom is -0.325 e. The van der Waals surface area contributed by atoms with E-state index in [0.717, 1.165) is 22.5 Å². The van der Waals surface area contributed by atoms with Crippen LogP contribution in [0.25, 0.3) is 0 Å². The van der Waals surface area contributed by atoms with Crippen LogP contribution in [0.2, 0.25) is 0 Å². The summed E-state index contributed by atoms with van der Waals surface area (Å²) in [6.45, 7) is 3.91. The van der Waals surface area contributed by atoms with Gasteiger partial charge in [0, 0.05) is 5.69 Å². The third kappa shape index (κ3) is 4.66. The van der Waals surface area contributed by atoms with Crippen LogP contribution in [0, 0.1) is 13.8 Å². The summed E-state index contributed by atoms with van der Waals surface area (Å²) in [5.41, 5.74) is 6.26. The largest absolute Gasteiger partial charge is 0.325 e. The molecule has 0 aliphatic rings. The van der Waals surface area contributed by atoms with Gasteiger partial charge in [-0.05, 0) is 37.1 Å². The smallest absolute Gasteiger partial charge is 0.250 e. The molecule has 0 saturated heterocycles. The quantitative estimate of drug-likeness (QED) is 0.302. The predicted molar refractivity (Wildman–Crippen MR) is 90.1 cm³/mol.